The highest BCUT2D eigenvalue weighted by Gasteiger charge is 2.29. The number of carbonyl (C=O) groups excluding carboxylic acids is 2. The molecule has 132 valence electrons. The summed E-state index contributed by atoms with van der Waals surface area (Å²) < 4.78 is 40.6. The normalized spacial score (nSPS) is 18.1. The quantitative estimate of drug-likeness (QED) is 0.868. The van der Waals surface area contributed by atoms with Crippen LogP contribution >= 0.6 is 0 Å². The molecule has 2 heterocycles. The number of nitrogens with one attached hydrogen (secondary N) is 1. The van der Waals surface area contributed by atoms with Crippen LogP contribution in [0.15, 0.2) is 18.3 Å². The molecule has 3 N–H and O–H groups in total. The van der Waals surface area contributed by atoms with Gasteiger partial charge < -0.3 is 20.7 Å². The summed E-state index contributed by atoms with van der Waals surface area (Å²) in [4.78, 5) is 28.4. The van der Waals surface area contributed by atoms with E-state index in [0.717, 1.165) is 0 Å². The Kier molecular flexibility index (Phi) is 5.47. The zero-order valence-corrected chi connectivity index (χ0v) is 12.7. The van der Waals surface area contributed by atoms with Crippen molar-refractivity contribution < 1.29 is 27.5 Å². The first-order valence-corrected chi connectivity index (χ1v) is 7.25. The number of primary amides is 1. The van der Waals surface area contributed by atoms with E-state index in [4.69, 9.17) is 5.73 Å². The Hall–Kier alpha value is -2.52. The minimum atomic E-state index is -4.44. The average molecular weight is 346 g/mol. The summed E-state index contributed by atoms with van der Waals surface area (Å²) in [6.45, 7) is -0.677. The molecule has 0 aromatic carbocycles. The number of nitrogens with two attached hydrogens (primary N) is 1. The minimum absolute atomic E-state index is 0.192. The first kappa shape index (κ1) is 17.8. The second-order valence-electron chi connectivity index (χ2n) is 5.40. The molecule has 3 amide bonds. The number of alkyl halides is 3. The van der Waals surface area contributed by atoms with E-state index in [1.807, 2.05) is 0 Å². The van der Waals surface area contributed by atoms with Crippen LogP contribution in [0.3, 0.4) is 0 Å². The van der Waals surface area contributed by atoms with Crippen LogP contribution in [0, 0.1) is 5.92 Å². The number of rotatable bonds is 4. The standard InChI is InChI=1S/C14H17F3N4O3/c15-14(16,17)8-24-11-4-3-10(6-19-11)20-12(22)9-2-1-5-21(7-9)13(18)23/h3-4,6,9H,1-2,5,7-8H2,(H2,18,23)(H,20,22). The summed E-state index contributed by atoms with van der Waals surface area (Å²) >= 11 is 0. The number of piperidine rings is 1. The molecule has 1 saturated heterocycles. The van der Waals surface area contributed by atoms with Gasteiger partial charge in [0.25, 0.3) is 0 Å². The maximum atomic E-state index is 12.2. The van der Waals surface area contributed by atoms with Gasteiger partial charge in [-0.25, -0.2) is 9.78 Å². The number of pyridine rings is 1. The number of halogens is 3. The Labute approximate surface area is 136 Å². The number of aromatic nitrogens is 1. The van der Waals surface area contributed by atoms with E-state index in [1.165, 1.54) is 23.2 Å². The van der Waals surface area contributed by atoms with Crippen molar-refractivity contribution in [1.29, 1.82) is 0 Å². The smallest absolute Gasteiger partial charge is 0.422 e. The highest BCUT2D eigenvalue weighted by Crippen LogP contribution is 2.20. The van der Waals surface area contributed by atoms with Crippen LogP contribution in [0.2, 0.25) is 0 Å². The molecule has 2 rings (SSSR count). The van der Waals surface area contributed by atoms with Crippen molar-refractivity contribution in [2.45, 2.75) is 19.0 Å². The van der Waals surface area contributed by atoms with E-state index in [9.17, 15) is 22.8 Å². The van der Waals surface area contributed by atoms with Gasteiger partial charge in [0.2, 0.25) is 11.8 Å². The van der Waals surface area contributed by atoms with Crippen LogP contribution in [0.4, 0.5) is 23.7 Å². The van der Waals surface area contributed by atoms with Crippen LogP contribution in [0.1, 0.15) is 12.8 Å². The zero-order valence-electron chi connectivity index (χ0n) is 12.7. The second-order valence-corrected chi connectivity index (χ2v) is 5.40. The number of ether oxygens (including phenoxy) is 1. The molecule has 24 heavy (non-hydrogen) atoms. The summed E-state index contributed by atoms with van der Waals surface area (Å²) in [5.41, 5.74) is 5.54. The monoisotopic (exact) mass is 346 g/mol. The predicted molar refractivity (Wildman–Crippen MR) is 78.3 cm³/mol. The Balaban J connectivity index is 1.88. The lowest BCUT2D eigenvalue weighted by Crippen LogP contribution is -2.46. The molecule has 0 saturated carbocycles. The molecule has 0 bridgehead atoms. The molecule has 1 unspecified atom stereocenters. The van der Waals surface area contributed by atoms with Crippen LogP contribution in [0.25, 0.3) is 0 Å². The van der Waals surface area contributed by atoms with Crippen molar-refractivity contribution in [3.63, 3.8) is 0 Å². The molecular weight excluding hydrogens is 329 g/mol. The molecular formula is C14H17F3N4O3. The van der Waals surface area contributed by atoms with Gasteiger partial charge in [-0.3, -0.25) is 4.79 Å². The fourth-order valence-electron chi connectivity index (χ4n) is 2.33. The molecule has 1 aliphatic rings. The Morgan fingerprint density at radius 3 is 2.75 bits per heavy atom. The van der Waals surface area contributed by atoms with Crippen molar-refractivity contribution in [1.82, 2.24) is 9.88 Å². The predicted octanol–water partition coefficient (Wildman–Crippen LogP) is 1.75. The first-order valence-electron chi connectivity index (χ1n) is 7.25. The lowest BCUT2D eigenvalue weighted by molar-refractivity contribution is -0.154. The highest BCUT2D eigenvalue weighted by molar-refractivity contribution is 5.93. The van der Waals surface area contributed by atoms with E-state index >= 15 is 0 Å². The zero-order chi connectivity index (χ0) is 17.7. The van der Waals surface area contributed by atoms with Gasteiger partial charge in [0.05, 0.1) is 17.8 Å². The Bertz CT molecular complexity index is 592. The maximum Gasteiger partial charge on any atom is 0.422 e. The SMILES string of the molecule is NC(=O)N1CCCC(C(=O)Nc2ccc(OCC(F)(F)F)nc2)C1. The molecule has 7 nitrogen and oxygen atoms in total. The third-order valence-corrected chi connectivity index (χ3v) is 3.49. The minimum Gasteiger partial charge on any atom is -0.468 e. The van der Waals surface area contributed by atoms with E-state index in [-0.39, 0.29) is 18.3 Å². The molecule has 0 aliphatic carbocycles. The number of anilines is 1. The molecule has 1 aromatic heterocycles. The van der Waals surface area contributed by atoms with E-state index in [0.29, 0.717) is 25.1 Å². The number of hydrogen-bond donors (Lipinski definition) is 2. The Morgan fingerprint density at radius 1 is 1.42 bits per heavy atom. The number of urea groups is 1. The van der Waals surface area contributed by atoms with E-state index < -0.39 is 24.7 Å². The summed E-state index contributed by atoms with van der Waals surface area (Å²) in [7, 11) is 0. The van der Waals surface area contributed by atoms with Crippen LogP contribution in [-0.4, -0.2) is 47.7 Å². The number of nitrogens with zero attached hydrogens (tertiary/aromatic N) is 2. The molecule has 1 atom stereocenters. The lowest BCUT2D eigenvalue weighted by atomic mass is 9.97. The van der Waals surface area contributed by atoms with Gasteiger partial charge in [-0.15, -0.1) is 0 Å². The fraction of sp³-hybridized carbons (Fsp3) is 0.500. The maximum absolute atomic E-state index is 12.2. The largest absolute Gasteiger partial charge is 0.468 e. The van der Waals surface area contributed by atoms with Crippen LogP contribution in [0.5, 0.6) is 5.88 Å². The molecule has 1 aromatic rings. The fourth-order valence-corrected chi connectivity index (χ4v) is 2.33. The third kappa shape index (κ3) is 5.28. The summed E-state index contributed by atoms with van der Waals surface area (Å²) in [5.74, 6) is -0.887. The first-order chi connectivity index (χ1) is 11.2. The van der Waals surface area contributed by atoms with E-state index in [1.54, 1.807) is 0 Å². The van der Waals surface area contributed by atoms with E-state index in [2.05, 4.69) is 15.0 Å². The van der Waals surface area contributed by atoms with Gasteiger partial charge in [0.15, 0.2) is 6.61 Å². The van der Waals surface area contributed by atoms with Crippen molar-refractivity contribution in [2.75, 3.05) is 25.0 Å². The van der Waals surface area contributed by atoms with Gasteiger partial charge in [-0.1, -0.05) is 0 Å². The molecule has 10 heteroatoms. The summed E-state index contributed by atoms with van der Waals surface area (Å²) in [5, 5.41) is 2.61. The van der Waals surface area contributed by atoms with Crippen molar-refractivity contribution >= 4 is 17.6 Å². The second kappa shape index (κ2) is 7.37. The highest BCUT2D eigenvalue weighted by atomic mass is 19.4. The average Bonchev–Trinajstić information content (AvgIpc) is 2.53. The number of hydrogen-bond acceptors (Lipinski definition) is 4. The molecule has 0 spiro atoms. The van der Waals surface area contributed by atoms with Gasteiger partial charge in [0.1, 0.15) is 0 Å². The van der Waals surface area contributed by atoms with Gasteiger partial charge in [-0.05, 0) is 18.9 Å². The van der Waals surface area contributed by atoms with Crippen molar-refractivity contribution in [3.8, 4) is 5.88 Å². The summed E-state index contributed by atoms with van der Waals surface area (Å²) in [6, 6.07) is 2.06. The van der Waals surface area contributed by atoms with Gasteiger partial charge in [0, 0.05) is 19.2 Å². The number of carbonyl (C=O) groups is 2. The Morgan fingerprint density at radius 2 is 2.17 bits per heavy atom. The third-order valence-electron chi connectivity index (χ3n) is 3.49. The number of likely N-dealkylation sites (tertiary alicyclic amines) is 1. The van der Waals surface area contributed by atoms with Crippen LogP contribution < -0.4 is 15.8 Å². The van der Waals surface area contributed by atoms with Crippen molar-refractivity contribution in [3.05, 3.63) is 18.3 Å². The molecule has 1 fully saturated rings. The van der Waals surface area contributed by atoms with Gasteiger partial charge in [-0.2, -0.15) is 13.2 Å². The molecule has 0 radical (unpaired) electrons. The molecule has 1 aliphatic heterocycles. The lowest BCUT2D eigenvalue weighted by Gasteiger charge is -2.30. The number of amides is 3. The van der Waals surface area contributed by atoms with Crippen molar-refractivity contribution in [2.24, 2.45) is 11.7 Å². The summed E-state index contributed by atoms with van der Waals surface area (Å²) in [6.07, 6.45) is -1.94. The van der Waals surface area contributed by atoms with Gasteiger partial charge >= 0.3 is 12.2 Å². The van der Waals surface area contributed by atoms with Crippen LogP contribution in [-0.2, 0) is 4.79 Å². The topological polar surface area (TPSA) is 97.6 Å².